The predicted octanol–water partition coefficient (Wildman–Crippen LogP) is 3.05. The van der Waals surface area contributed by atoms with Crippen LogP contribution in [0.15, 0.2) is 17.7 Å². The first-order chi connectivity index (χ1) is 7.88. The summed E-state index contributed by atoms with van der Waals surface area (Å²) in [7, 11) is 0. The van der Waals surface area contributed by atoms with Gasteiger partial charge in [0.1, 0.15) is 11.0 Å². The highest BCUT2D eigenvalue weighted by Gasteiger charge is 2.13. The molecule has 1 heterocycles. The van der Waals surface area contributed by atoms with Crippen LogP contribution in [0.4, 0.5) is 0 Å². The summed E-state index contributed by atoms with van der Waals surface area (Å²) in [5.41, 5.74) is 1.38. The van der Waals surface area contributed by atoms with Crippen molar-refractivity contribution in [3.05, 3.63) is 34.4 Å². The molecule has 0 saturated heterocycles. The molecule has 92 valence electrons. The van der Waals surface area contributed by atoms with Gasteiger partial charge in [-0.2, -0.15) is 0 Å². The molecule has 4 nitrogen and oxygen atoms in total. The predicted molar refractivity (Wildman–Crippen MR) is 68.1 cm³/mol. The van der Waals surface area contributed by atoms with Crippen LogP contribution in [0.25, 0.3) is 6.20 Å². The lowest BCUT2D eigenvalue weighted by Gasteiger charge is -2.06. The Morgan fingerprint density at radius 3 is 2.53 bits per heavy atom. The zero-order chi connectivity index (χ0) is 13.2. The molecular formula is C12H15ClN2O2. The van der Waals surface area contributed by atoms with E-state index in [0.717, 1.165) is 0 Å². The number of hydrogen-bond donors (Lipinski definition) is 1. The number of hydrogen-bond acceptors (Lipinski definition) is 2. The number of aryl methyl sites for hydroxylation is 2. The molecule has 1 aromatic rings. The number of nitrogens with zero attached hydrogens (tertiary/aromatic N) is 2. The van der Waals surface area contributed by atoms with Crippen molar-refractivity contribution in [2.24, 2.45) is 0 Å². The van der Waals surface area contributed by atoms with E-state index in [-0.39, 0.29) is 5.57 Å². The Labute approximate surface area is 105 Å². The molecule has 0 aliphatic heterocycles. The third-order valence-corrected chi connectivity index (χ3v) is 2.94. The minimum absolute atomic E-state index is 0.148. The first-order valence-electron chi connectivity index (χ1n) is 5.22. The highest BCUT2D eigenvalue weighted by molar-refractivity contribution is 6.30. The number of aliphatic carboxylic acids is 1. The van der Waals surface area contributed by atoms with Crippen LogP contribution >= 0.6 is 11.6 Å². The van der Waals surface area contributed by atoms with E-state index in [9.17, 15) is 4.79 Å². The molecule has 1 aromatic heterocycles. The van der Waals surface area contributed by atoms with Crippen LogP contribution in [0.3, 0.4) is 0 Å². The molecule has 0 aliphatic carbocycles. The van der Waals surface area contributed by atoms with Gasteiger partial charge in [0.2, 0.25) is 0 Å². The minimum Gasteiger partial charge on any atom is -0.478 e. The van der Waals surface area contributed by atoms with E-state index in [1.165, 1.54) is 6.20 Å². The van der Waals surface area contributed by atoms with Crippen molar-refractivity contribution >= 4 is 23.8 Å². The molecule has 0 radical (unpaired) electrons. The van der Waals surface area contributed by atoms with E-state index in [4.69, 9.17) is 16.7 Å². The summed E-state index contributed by atoms with van der Waals surface area (Å²) >= 11 is 6.04. The van der Waals surface area contributed by atoms with Crippen molar-refractivity contribution in [3.8, 4) is 0 Å². The van der Waals surface area contributed by atoms with Gasteiger partial charge in [0.25, 0.3) is 0 Å². The summed E-state index contributed by atoms with van der Waals surface area (Å²) < 4.78 is 1.56. The SMILES string of the molecule is C=C(CC)C(=Cn1c(C)nc(C)c1Cl)C(=O)O. The summed E-state index contributed by atoms with van der Waals surface area (Å²) in [4.78, 5) is 15.3. The second kappa shape index (κ2) is 5.19. The molecule has 17 heavy (non-hydrogen) atoms. The normalized spacial score (nSPS) is 11.6. The standard InChI is InChI=1S/C12H15ClN2O2/c1-5-7(2)10(12(16)17)6-15-9(4)14-8(3)11(15)13/h6H,2,5H2,1,3-4H3,(H,16,17). The molecular weight excluding hydrogens is 240 g/mol. The lowest BCUT2D eigenvalue weighted by atomic mass is 10.1. The van der Waals surface area contributed by atoms with Gasteiger partial charge in [0.15, 0.2) is 0 Å². The molecule has 0 atom stereocenters. The largest absolute Gasteiger partial charge is 0.478 e. The fraction of sp³-hybridized carbons (Fsp3) is 0.333. The van der Waals surface area contributed by atoms with Crippen LogP contribution < -0.4 is 0 Å². The molecule has 0 aliphatic rings. The van der Waals surface area contributed by atoms with Crippen molar-refractivity contribution in [3.63, 3.8) is 0 Å². The van der Waals surface area contributed by atoms with E-state index in [0.29, 0.717) is 28.7 Å². The Balaban J connectivity index is 3.32. The Morgan fingerprint density at radius 1 is 1.59 bits per heavy atom. The number of aromatic nitrogens is 2. The van der Waals surface area contributed by atoms with Gasteiger partial charge in [-0.25, -0.2) is 9.78 Å². The van der Waals surface area contributed by atoms with E-state index in [2.05, 4.69) is 11.6 Å². The van der Waals surface area contributed by atoms with Gasteiger partial charge in [-0.05, 0) is 25.8 Å². The first-order valence-corrected chi connectivity index (χ1v) is 5.60. The van der Waals surface area contributed by atoms with Crippen LogP contribution in [0.5, 0.6) is 0 Å². The Morgan fingerprint density at radius 2 is 2.18 bits per heavy atom. The highest BCUT2D eigenvalue weighted by Crippen LogP contribution is 2.21. The van der Waals surface area contributed by atoms with Gasteiger partial charge in [-0.3, -0.25) is 4.57 Å². The molecule has 0 saturated carbocycles. The van der Waals surface area contributed by atoms with Gasteiger partial charge in [0, 0.05) is 6.20 Å². The van der Waals surface area contributed by atoms with E-state index in [1.807, 2.05) is 6.92 Å². The second-order valence-electron chi connectivity index (χ2n) is 3.71. The molecule has 0 fully saturated rings. The van der Waals surface area contributed by atoms with Gasteiger partial charge in [-0.1, -0.05) is 25.1 Å². The molecule has 5 heteroatoms. The molecule has 0 amide bonds. The minimum atomic E-state index is -1.02. The van der Waals surface area contributed by atoms with Crippen molar-refractivity contribution in [2.75, 3.05) is 0 Å². The monoisotopic (exact) mass is 254 g/mol. The van der Waals surface area contributed by atoms with Crippen LogP contribution in [0, 0.1) is 13.8 Å². The smallest absolute Gasteiger partial charge is 0.337 e. The van der Waals surface area contributed by atoms with Gasteiger partial charge in [0.05, 0.1) is 11.3 Å². The van der Waals surface area contributed by atoms with Crippen LogP contribution in [0.1, 0.15) is 24.9 Å². The maximum Gasteiger partial charge on any atom is 0.337 e. The maximum atomic E-state index is 11.1. The quantitative estimate of drug-likeness (QED) is 0.664. The summed E-state index contributed by atoms with van der Waals surface area (Å²) in [5, 5.41) is 9.54. The molecule has 1 N–H and O–H groups in total. The summed E-state index contributed by atoms with van der Waals surface area (Å²) in [6.07, 6.45) is 2.04. The van der Waals surface area contributed by atoms with E-state index >= 15 is 0 Å². The zero-order valence-corrected chi connectivity index (χ0v) is 10.9. The lowest BCUT2D eigenvalue weighted by molar-refractivity contribution is -0.132. The fourth-order valence-corrected chi connectivity index (χ4v) is 1.64. The molecule has 0 unspecified atom stereocenters. The Hall–Kier alpha value is -1.55. The van der Waals surface area contributed by atoms with Gasteiger partial charge >= 0.3 is 5.97 Å². The number of halogens is 1. The second-order valence-corrected chi connectivity index (χ2v) is 4.07. The molecule has 0 bridgehead atoms. The Bertz CT molecular complexity index is 501. The third kappa shape index (κ3) is 2.77. The van der Waals surface area contributed by atoms with Crippen LogP contribution in [-0.4, -0.2) is 20.6 Å². The zero-order valence-electron chi connectivity index (χ0n) is 10.1. The molecule has 1 rings (SSSR count). The van der Waals surface area contributed by atoms with E-state index in [1.54, 1.807) is 18.4 Å². The number of imidazole rings is 1. The highest BCUT2D eigenvalue weighted by atomic mass is 35.5. The number of rotatable bonds is 4. The fourth-order valence-electron chi connectivity index (χ4n) is 1.43. The first kappa shape index (κ1) is 13.5. The molecule has 0 spiro atoms. The number of carboxylic acids is 1. The number of carbonyl (C=O) groups is 1. The average Bonchev–Trinajstić information content (AvgIpc) is 2.49. The van der Waals surface area contributed by atoms with Crippen molar-refractivity contribution < 1.29 is 9.90 Å². The summed E-state index contributed by atoms with van der Waals surface area (Å²) in [6.45, 7) is 9.13. The topological polar surface area (TPSA) is 55.1 Å². The third-order valence-electron chi connectivity index (χ3n) is 2.48. The van der Waals surface area contributed by atoms with Crippen LogP contribution in [-0.2, 0) is 4.79 Å². The Kier molecular flexibility index (Phi) is 4.12. The summed E-state index contributed by atoms with van der Waals surface area (Å²) in [6, 6.07) is 0. The van der Waals surface area contributed by atoms with Crippen LogP contribution in [0.2, 0.25) is 5.15 Å². The van der Waals surface area contributed by atoms with Crippen molar-refractivity contribution in [2.45, 2.75) is 27.2 Å². The lowest BCUT2D eigenvalue weighted by Crippen LogP contribution is -2.05. The van der Waals surface area contributed by atoms with Crippen molar-refractivity contribution in [1.82, 2.24) is 9.55 Å². The summed E-state index contributed by atoms with van der Waals surface area (Å²) in [5.74, 6) is -0.367. The van der Waals surface area contributed by atoms with Crippen molar-refractivity contribution in [1.29, 1.82) is 0 Å². The maximum absolute atomic E-state index is 11.1. The number of carboxylic acid groups (broad SMARTS) is 1. The van der Waals surface area contributed by atoms with E-state index < -0.39 is 5.97 Å². The van der Waals surface area contributed by atoms with Gasteiger partial charge in [-0.15, -0.1) is 0 Å². The van der Waals surface area contributed by atoms with Gasteiger partial charge < -0.3 is 5.11 Å². The average molecular weight is 255 g/mol. The molecule has 0 aromatic carbocycles.